The first-order chi connectivity index (χ1) is 11.5. The van der Waals surface area contributed by atoms with E-state index in [2.05, 4.69) is 15.6 Å². The van der Waals surface area contributed by atoms with Gasteiger partial charge >= 0.3 is 6.03 Å². The molecule has 2 rings (SSSR count). The normalized spacial score (nSPS) is 11.6. The predicted molar refractivity (Wildman–Crippen MR) is 85.8 cm³/mol. The van der Waals surface area contributed by atoms with Gasteiger partial charge in [-0.1, -0.05) is 6.07 Å². The minimum absolute atomic E-state index is 0.0550. The van der Waals surface area contributed by atoms with Gasteiger partial charge in [-0.25, -0.2) is 13.6 Å². The molecule has 1 unspecified atom stereocenters. The molecule has 1 aromatic carbocycles. The zero-order valence-electron chi connectivity index (χ0n) is 13.3. The van der Waals surface area contributed by atoms with Crippen molar-refractivity contribution in [1.82, 2.24) is 15.6 Å². The zero-order valence-corrected chi connectivity index (χ0v) is 13.3. The molecule has 0 fully saturated rings. The van der Waals surface area contributed by atoms with Gasteiger partial charge < -0.3 is 15.4 Å². The highest BCUT2D eigenvalue weighted by Crippen LogP contribution is 2.17. The van der Waals surface area contributed by atoms with Gasteiger partial charge in [0, 0.05) is 30.9 Å². The van der Waals surface area contributed by atoms with Crippen molar-refractivity contribution >= 4 is 6.03 Å². The van der Waals surface area contributed by atoms with E-state index in [1.165, 1.54) is 6.07 Å². The topological polar surface area (TPSA) is 63.2 Å². The van der Waals surface area contributed by atoms with E-state index in [9.17, 15) is 13.6 Å². The Labute approximate surface area is 139 Å². The fraction of sp³-hybridized carbons (Fsp3) is 0.294. The molecule has 2 amide bonds. The molecule has 1 heterocycles. The van der Waals surface area contributed by atoms with Crippen LogP contribution < -0.4 is 15.4 Å². The highest BCUT2D eigenvalue weighted by atomic mass is 19.1. The summed E-state index contributed by atoms with van der Waals surface area (Å²) in [4.78, 5) is 15.9. The third-order valence-corrected chi connectivity index (χ3v) is 3.15. The van der Waals surface area contributed by atoms with Gasteiger partial charge in [0.05, 0.1) is 6.04 Å². The Bertz CT molecular complexity index is 668. The van der Waals surface area contributed by atoms with Crippen molar-refractivity contribution in [2.75, 3.05) is 13.2 Å². The lowest BCUT2D eigenvalue weighted by Crippen LogP contribution is -2.43. The third kappa shape index (κ3) is 5.83. The first-order valence-electron chi connectivity index (χ1n) is 7.56. The van der Waals surface area contributed by atoms with E-state index in [0.717, 1.165) is 17.8 Å². The molecule has 2 N–H and O–H groups in total. The summed E-state index contributed by atoms with van der Waals surface area (Å²) < 4.78 is 31.4. The molecule has 0 saturated heterocycles. The summed E-state index contributed by atoms with van der Waals surface area (Å²) in [5.74, 6) is -1.50. The fourth-order valence-electron chi connectivity index (χ4n) is 1.97. The number of urea groups is 1. The van der Waals surface area contributed by atoms with Crippen molar-refractivity contribution in [3.63, 3.8) is 0 Å². The van der Waals surface area contributed by atoms with E-state index in [0.29, 0.717) is 13.0 Å². The molecule has 0 radical (unpaired) electrons. The molecule has 0 spiro atoms. The Morgan fingerprint density at radius 2 is 2.12 bits per heavy atom. The van der Waals surface area contributed by atoms with Gasteiger partial charge in [0.1, 0.15) is 12.4 Å². The molecular formula is C17H19F2N3O2. The molecule has 0 bridgehead atoms. The number of halogens is 2. The van der Waals surface area contributed by atoms with Crippen LogP contribution >= 0.6 is 0 Å². The Morgan fingerprint density at radius 3 is 2.83 bits per heavy atom. The van der Waals surface area contributed by atoms with Crippen molar-refractivity contribution in [1.29, 1.82) is 0 Å². The van der Waals surface area contributed by atoms with Crippen LogP contribution in [0.5, 0.6) is 5.75 Å². The highest BCUT2D eigenvalue weighted by Gasteiger charge is 2.10. The number of nitrogens with zero attached hydrogens (tertiary/aromatic N) is 1. The number of hydrogen-bond donors (Lipinski definition) is 2. The number of nitrogens with one attached hydrogen (secondary N) is 2. The maximum absolute atomic E-state index is 13.4. The first-order valence-corrected chi connectivity index (χ1v) is 7.56. The summed E-state index contributed by atoms with van der Waals surface area (Å²) in [5, 5.41) is 5.39. The average Bonchev–Trinajstić information content (AvgIpc) is 2.55. The van der Waals surface area contributed by atoms with Gasteiger partial charge in [0.25, 0.3) is 0 Å². The smallest absolute Gasteiger partial charge is 0.315 e. The number of rotatable bonds is 7. The number of hydrogen-bond acceptors (Lipinski definition) is 3. The number of ether oxygens (including phenoxy) is 1. The number of benzene rings is 1. The zero-order chi connectivity index (χ0) is 17.4. The van der Waals surface area contributed by atoms with E-state index >= 15 is 0 Å². The van der Waals surface area contributed by atoms with E-state index in [1.807, 2.05) is 18.2 Å². The average molecular weight is 335 g/mol. The van der Waals surface area contributed by atoms with Crippen molar-refractivity contribution in [3.8, 4) is 5.75 Å². The Kier molecular flexibility index (Phi) is 6.48. The number of amides is 2. The second-order valence-electron chi connectivity index (χ2n) is 5.26. The maximum atomic E-state index is 13.4. The summed E-state index contributed by atoms with van der Waals surface area (Å²) >= 11 is 0. The summed E-state index contributed by atoms with van der Waals surface area (Å²) in [6.07, 6.45) is 2.32. The molecule has 0 saturated carbocycles. The number of pyridine rings is 1. The van der Waals surface area contributed by atoms with Gasteiger partial charge in [-0.3, -0.25) is 4.98 Å². The highest BCUT2D eigenvalue weighted by molar-refractivity contribution is 5.74. The molecule has 5 nitrogen and oxygen atoms in total. The summed E-state index contributed by atoms with van der Waals surface area (Å²) in [6.45, 7) is 2.24. The summed E-state index contributed by atoms with van der Waals surface area (Å²) in [7, 11) is 0. The lowest BCUT2D eigenvalue weighted by Gasteiger charge is -2.16. The van der Waals surface area contributed by atoms with Gasteiger partial charge in [0.2, 0.25) is 0 Å². The van der Waals surface area contributed by atoms with Crippen LogP contribution in [-0.2, 0) is 6.42 Å². The van der Waals surface area contributed by atoms with Crippen LogP contribution in [0, 0.1) is 11.6 Å². The second-order valence-corrected chi connectivity index (χ2v) is 5.26. The van der Waals surface area contributed by atoms with Crippen molar-refractivity contribution in [3.05, 3.63) is 59.9 Å². The Hall–Kier alpha value is -2.70. The van der Waals surface area contributed by atoms with Crippen LogP contribution in [0.4, 0.5) is 13.6 Å². The first kappa shape index (κ1) is 17.7. The molecule has 1 atom stereocenters. The molecule has 0 aliphatic rings. The number of aromatic nitrogens is 1. The second kappa shape index (κ2) is 8.81. The van der Waals surface area contributed by atoms with E-state index in [1.54, 1.807) is 13.1 Å². The molecule has 128 valence electrons. The summed E-state index contributed by atoms with van der Waals surface area (Å²) in [5.41, 5.74) is 0.890. The standard InChI is InChI=1S/C17H19F2N3O2/c1-12(11-24-16-6-5-13(18)10-15(16)19)22-17(23)21-9-7-14-4-2-3-8-20-14/h2-6,8,10,12H,7,9,11H2,1H3,(H2,21,22,23). The molecule has 0 aliphatic carbocycles. The van der Waals surface area contributed by atoms with Crippen molar-refractivity contribution in [2.24, 2.45) is 0 Å². The van der Waals surface area contributed by atoms with Crippen molar-refractivity contribution in [2.45, 2.75) is 19.4 Å². The number of carbonyl (C=O) groups excluding carboxylic acids is 1. The van der Waals surface area contributed by atoms with Crippen LogP contribution in [-0.4, -0.2) is 30.2 Å². The molecule has 24 heavy (non-hydrogen) atoms. The Morgan fingerprint density at radius 1 is 1.29 bits per heavy atom. The van der Waals surface area contributed by atoms with Crippen LogP contribution in [0.2, 0.25) is 0 Å². The maximum Gasteiger partial charge on any atom is 0.315 e. The molecule has 1 aromatic heterocycles. The van der Waals surface area contributed by atoms with Gasteiger partial charge in [-0.2, -0.15) is 0 Å². The molecule has 0 aliphatic heterocycles. The Balaban J connectivity index is 1.67. The van der Waals surface area contributed by atoms with E-state index in [4.69, 9.17) is 4.74 Å². The summed E-state index contributed by atoms with van der Waals surface area (Å²) in [6, 6.07) is 7.98. The minimum atomic E-state index is -0.776. The number of carbonyl (C=O) groups is 1. The lowest BCUT2D eigenvalue weighted by atomic mass is 10.3. The largest absolute Gasteiger partial charge is 0.488 e. The monoisotopic (exact) mass is 335 g/mol. The molecule has 2 aromatic rings. The van der Waals surface area contributed by atoms with Crippen molar-refractivity contribution < 1.29 is 18.3 Å². The minimum Gasteiger partial charge on any atom is -0.488 e. The van der Waals surface area contributed by atoms with Crippen LogP contribution in [0.15, 0.2) is 42.6 Å². The van der Waals surface area contributed by atoms with Crippen LogP contribution in [0.3, 0.4) is 0 Å². The fourth-order valence-corrected chi connectivity index (χ4v) is 1.97. The van der Waals surface area contributed by atoms with Crippen LogP contribution in [0.1, 0.15) is 12.6 Å². The van der Waals surface area contributed by atoms with Gasteiger partial charge in [0.15, 0.2) is 11.6 Å². The van der Waals surface area contributed by atoms with Crippen LogP contribution in [0.25, 0.3) is 0 Å². The molecule has 7 heteroatoms. The lowest BCUT2D eigenvalue weighted by molar-refractivity contribution is 0.224. The SMILES string of the molecule is CC(COc1ccc(F)cc1F)NC(=O)NCCc1ccccn1. The quantitative estimate of drug-likeness (QED) is 0.818. The predicted octanol–water partition coefficient (Wildman–Crippen LogP) is 2.67. The molecular weight excluding hydrogens is 316 g/mol. The van der Waals surface area contributed by atoms with E-state index in [-0.39, 0.29) is 24.4 Å². The third-order valence-electron chi connectivity index (χ3n) is 3.15. The van der Waals surface area contributed by atoms with Gasteiger partial charge in [-0.05, 0) is 31.2 Å². The van der Waals surface area contributed by atoms with E-state index < -0.39 is 11.6 Å². The van der Waals surface area contributed by atoms with Gasteiger partial charge in [-0.15, -0.1) is 0 Å².